The van der Waals surface area contributed by atoms with Gasteiger partial charge in [-0.3, -0.25) is 0 Å². The molecule has 1 aromatic carbocycles. The average Bonchev–Trinajstić information content (AvgIpc) is 2.98. The quantitative estimate of drug-likeness (QED) is 0.479. The summed E-state index contributed by atoms with van der Waals surface area (Å²) in [5.74, 6) is 1.23. The zero-order chi connectivity index (χ0) is 13.2. The molecule has 0 atom stereocenters. The minimum absolute atomic E-state index is 0.567. The summed E-state index contributed by atoms with van der Waals surface area (Å²) in [5.41, 5.74) is 11.4. The Morgan fingerprint density at radius 1 is 1.53 bits per heavy atom. The summed E-state index contributed by atoms with van der Waals surface area (Å²) in [4.78, 5) is 9.18. The highest BCUT2D eigenvalue weighted by molar-refractivity contribution is 5.63. The molecule has 0 spiro atoms. The molecule has 0 saturated heterocycles. The van der Waals surface area contributed by atoms with Gasteiger partial charge in [-0.1, -0.05) is 22.4 Å². The molecular formula is C12H12N6O. The van der Waals surface area contributed by atoms with Crippen molar-refractivity contribution in [2.75, 3.05) is 11.4 Å². The van der Waals surface area contributed by atoms with Crippen molar-refractivity contribution in [3.05, 3.63) is 45.9 Å². The van der Waals surface area contributed by atoms with Crippen molar-refractivity contribution in [3.8, 4) is 0 Å². The fourth-order valence-electron chi connectivity index (χ4n) is 2.29. The molecule has 2 heterocycles. The zero-order valence-electron chi connectivity index (χ0n) is 10.4. The molecule has 7 nitrogen and oxygen atoms in total. The summed E-state index contributed by atoms with van der Waals surface area (Å²) < 4.78 is 4.97. The predicted molar refractivity (Wildman–Crippen MR) is 69.0 cm³/mol. The molecular weight excluding hydrogens is 244 g/mol. The lowest BCUT2D eigenvalue weighted by Crippen LogP contribution is -2.20. The lowest BCUT2D eigenvalue weighted by molar-refractivity contribution is 0.387. The number of aromatic nitrogens is 2. The number of aryl methyl sites for hydroxylation is 1. The van der Waals surface area contributed by atoms with Gasteiger partial charge in [0.1, 0.15) is 0 Å². The maximum atomic E-state index is 8.48. The average molecular weight is 256 g/mol. The van der Waals surface area contributed by atoms with Gasteiger partial charge in [0.05, 0.1) is 6.54 Å². The van der Waals surface area contributed by atoms with Crippen molar-refractivity contribution in [2.24, 2.45) is 5.11 Å². The van der Waals surface area contributed by atoms with Gasteiger partial charge < -0.3 is 9.42 Å². The number of azide groups is 1. The molecule has 1 aromatic heterocycles. The molecule has 1 aliphatic heterocycles. The Balaban J connectivity index is 1.87. The summed E-state index contributed by atoms with van der Waals surface area (Å²) >= 11 is 0. The molecule has 96 valence electrons. The first-order valence-electron chi connectivity index (χ1n) is 5.98. The first-order valence-corrected chi connectivity index (χ1v) is 5.98. The fraction of sp³-hybridized carbons (Fsp3) is 0.333. The Hall–Kier alpha value is -2.53. The smallest absolute Gasteiger partial charge is 0.223 e. The van der Waals surface area contributed by atoms with E-state index in [1.807, 2.05) is 18.2 Å². The molecule has 2 aromatic rings. The van der Waals surface area contributed by atoms with E-state index in [-0.39, 0.29) is 0 Å². The normalized spacial score (nSPS) is 13.2. The van der Waals surface area contributed by atoms with Crippen LogP contribution in [0, 0.1) is 6.92 Å². The Morgan fingerprint density at radius 3 is 3.16 bits per heavy atom. The molecule has 0 aliphatic carbocycles. The first-order chi connectivity index (χ1) is 9.26. The SMILES string of the molecule is Cc1nc(CN2CCc3ccc(N=[N+]=[N-])cc32)no1. The van der Waals surface area contributed by atoms with Gasteiger partial charge in [-0.15, -0.1) is 0 Å². The van der Waals surface area contributed by atoms with Crippen molar-refractivity contribution in [1.29, 1.82) is 0 Å². The highest BCUT2D eigenvalue weighted by Crippen LogP contribution is 2.32. The number of hydrogen-bond acceptors (Lipinski definition) is 5. The number of benzene rings is 1. The molecule has 0 N–H and O–H groups in total. The number of anilines is 1. The lowest BCUT2D eigenvalue weighted by atomic mass is 10.1. The van der Waals surface area contributed by atoms with Crippen molar-refractivity contribution >= 4 is 11.4 Å². The first kappa shape index (κ1) is 11.6. The van der Waals surface area contributed by atoms with Crippen molar-refractivity contribution in [1.82, 2.24) is 10.1 Å². The lowest BCUT2D eigenvalue weighted by Gasteiger charge is -2.17. The van der Waals surface area contributed by atoms with Crippen LogP contribution in [0.25, 0.3) is 10.4 Å². The van der Waals surface area contributed by atoms with Crippen LogP contribution in [0.4, 0.5) is 11.4 Å². The molecule has 0 saturated carbocycles. The highest BCUT2D eigenvalue weighted by Gasteiger charge is 2.20. The van der Waals surface area contributed by atoms with E-state index in [1.54, 1.807) is 6.92 Å². The molecule has 0 fully saturated rings. The molecule has 1 aliphatic rings. The van der Waals surface area contributed by atoms with E-state index in [0.29, 0.717) is 23.9 Å². The van der Waals surface area contributed by atoms with Crippen molar-refractivity contribution in [2.45, 2.75) is 19.9 Å². The largest absolute Gasteiger partial charge is 0.363 e. The third-order valence-corrected chi connectivity index (χ3v) is 3.12. The van der Waals surface area contributed by atoms with Gasteiger partial charge in [0.15, 0.2) is 5.82 Å². The number of hydrogen-bond donors (Lipinski definition) is 0. The van der Waals surface area contributed by atoms with Gasteiger partial charge in [-0.25, -0.2) is 0 Å². The van der Waals surface area contributed by atoms with E-state index < -0.39 is 0 Å². The van der Waals surface area contributed by atoms with Gasteiger partial charge in [0.2, 0.25) is 5.89 Å². The maximum absolute atomic E-state index is 8.48. The van der Waals surface area contributed by atoms with E-state index in [2.05, 4.69) is 25.1 Å². The van der Waals surface area contributed by atoms with Gasteiger partial charge in [-0.2, -0.15) is 4.98 Å². The maximum Gasteiger partial charge on any atom is 0.223 e. The molecule has 0 amide bonds. The standard InChI is InChI=1S/C12H12N6O/c1-8-14-12(16-19-8)7-18-5-4-9-2-3-10(15-17-13)6-11(9)18/h2-3,6H,4-5,7H2,1H3. The second-order valence-corrected chi connectivity index (χ2v) is 4.40. The van der Waals surface area contributed by atoms with Crippen molar-refractivity contribution < 1.29 is 4.52 Å². The Bertz CT molecular complexity index is 658. The summed E-state index contributed by atoms with van der Waals surface area (Å²) in [6, 6.07) is 5.73. The van der Waals surface area contributed by atoms with Crippen LogP contribution in [0.15, 0.2) is 27.8 Å². The topological polar surface area (TPSA) is 90.9 Å². The Labute approximate surface area is 109 Å². The molecule has 19 heavy (non-hydrogen) atoms. The minimum atomic E-state index is 0.567. The van der Waals surface area contributed by atoms with Crippen LogP contribution in [0.1, 0.15) is 17.3 Å². The molecule has 7 heteroatoms. The Kier molecular flexibility index (Phi) is 2.81. The predicted octanol–water partition coefficient (Wildman–Crippen LogP) is 2.88. The van der Waals surface area contributed by atoms with E-state index in [4.69, 9.17) is 10.1 Å². The molecule has 0 unspecified atom stereocenters. The van der Waals surface area contributed by atoms with E-state index >= 15 is 0 Å². The number of nitrogens with zero attached hydrogens (tertiary/aromatic N) is 6. The number of fused-ring (bicyclic) bond motifs is 1. The summed E-state index contributed by atoms with van der Waals surface area (Å²) in [5, 5.41) is 7.54. The van der Waals surface area contributed by atoms with E-state index in [0.717, 1.165) is 18.7 Å². The second kappa shape index (κ2) is 4.62. The highest BCUT2D eigenvalue weighted by atomic mass is 16.5. The van der Waals surface area contributed by atoms with Gasteiger partial charge in [0.25, 0.3) is 0 Å². The van der Waals surface area contributed by atoms with Crippen molar-refractivity contribution in [3.63, 3.8) is 0 Å². The van der Waals surface area contributed by atoms with E-state index in [1.165, 1.54) is 5.56 Å². The molecule has 0 bridgehead atoms. The second-order valence-electron chi connectivity index (χ2n) is 4.40. The van der Waals surface area contributed by atoms with Crippen LogP contribution < -0.4 is 4.90 Å². The van der Waals surface area contributed by atoms with Crippen LogP contribution in [-0.2, 0) is 13.0 Å². The van der Waals surface area contributed by atoms with Crippen LogP contribution in [-0.4, -0.2) is 16.7 Å². The fourth-order valence-corrected chi connectivity index (χ4v) is 2.29. The summed E-state index contributed by atoms with van der Waals surface area (Å²) in [7, 11) is 0. The molecule has 3 rings (SSSR count). The third-order valence-electron chi connectivity index (χ3n) is 3.12. The van der Waals surface area contributed by atoms with Gasteiger partial charge in [0, 0.05) is 29.8 Å². The van der Waals surface area contributed by atoms with E-state index in [9.17, 15) is 0 Å². The Morgan fingerprint density at radius 2 is 2.42 bits per heavy atom. The van der Waals surface area contributed by atoms with Crippen LogP contribution in [0.5, 0.6) is 0 Å². The third kappa shape index (κ3) is 2.23. The summed E-state index contributed by atoms with van der Waals surface area (Å²) in [6.45, 7) is 3.28. The minimum Gasteiger partial charge on any atom is -0.363 e. The van der Waals surface area contributed by atoms with Gasteiger partial charge in [-0.05, 0) is 23.6 Å². The molecule has 0 radical (unpaired) electrons. The van der Waals surface area contributed by atoms with Crippen LogP contribution in [0.3, 0.4) is 0 Å². The summed E-state index contributed by atoms with van der Waals surface area (Å²) in [6.07, 6.45) is 0.975. The van der Waals surface area contributed by atoms with Gasteiger partial charge >= 0.3 is 0 Å². The zero-order valence-corrected chi connectivity index (χ0v) is 10.4. The van der Waals surface area contributed by atoms with Crippen LogP contribution >= 0.6 is 0 Å². The number of rotatable bonds is 3. The van der Waals surface area contributed by atoms with Crippen LogP contribution in [0.2, 0.25) is 0 Å². The monoisotopic (exact) mass is 256 g/mol.